The van der Waals surface area contributed by atoms with Crippen LogP contribution in [0.2, 0.25) is 0 Å². The molecular formula is C18H22FN3O3. The van der Waals surface area contributed by atoms with E-state index in [4.69, 9.17) is 0 Å². The Morgan fingerprint density at radius 1 is 1.28 bits per heavy atom. The maximum Gasteiger partial charge on any atom is 0.326 e. The number of hydrogen-bond acceptors (Lipinski definition) is 3. The molecule has 1 heterocycles. The summed E-state index contributed by atoms with van der Waals surface area (Å²) in [6.45, 7) is 3.84. The van der Waals surface area contributed by atoms with Gasteiger partial charge in [-0.05, 0) is 37.1 Å². The Balaban J connectivity index is 2.25. The number of benzene rings is 1. The molecule has 0 spiro atoms. The van der Waals surface area contributed by atoms with Crippen molar-refractivity contribution in [3.05, 3.63) is 47.5 Å². The lowest BCUT2D eigenvalue weighted by Gasteiger charge is -2.14. The number of nitrogens with one attached hydrogen (secondary N) is 1. The van der Waals surface area contributed by atoms with Crippen LogP contribution in [0, 0.1) is 5.82 Å². The lowest BCUT2D eigenvalue weighted by molar-refractivity contribution is -0.139. The molecule has 0 radical (unpaired) electrons. The predicted molar refractivity (Wildman–Crippen MR) is 91.3 cm³/mol. The van der Waals surface area contributed by atoms with Crippen LogP contribution in [0.15, 0.2) is 30.5 Å². The van der Waals surface area contributed by atoms with Gasteiger partial charge in [0.2, 0.25) is 0 Å². The zero-order valence-corrected chi connectivity index (χ0v) is 14.3. The number of carbonyl (C=O) groups is 2. The largest absolute Gasteiger partial charge is 0.480 e. The summed E-state index contributed by atoms with van der Waals surface area (Å²) in [5.74, 6) is -1.87. The predicted octanol–water partition coefficient (Wildman–Crippen LogP) is 2.95. The van der Waals surface area contributed by atoms with Gasteiger partial charge < -0.3 is 10.4 Å². The van der Waals surface area contributed by atoms with Gasteiger partial charge in [-0.2, -0.15) is 5.10 Å². The first-order valence-corrected chi connectivity index (χ1v) is 8.34. The van der Waals surface area contributed by atoms with Gasteiger partial charge in [-0.25, -0.2) is 13.9 Å². The summed E-state index contributed by atoms with van der Waals surface area (Å²) in [5, 5.41) is 16.0. The first-order chi connectivity index (χ1) is 12.0. The molecule has 2 rings (SSSR count). The molecule has 1 amide bonds. The Bertz CT molecular complexity index is 741. The van der Waals surface area contributed by atoms with Gasteiger partial charge in [-0.15, -0.1) is 0 Å². The van der Waals surface area contributed by atoms with Gasteiger partial charge in [0.15, 0.2) is 0 Å². The van der Waals surface area contributed by atoms with Crippen molar-refractivity contribution in [2.75, 3.05) is 0 Å². The molecule has 0 aliphatic heterocycles. The summed E-state index contributed by atoms with van der Waals surface area (Å²) in [5.41, 5.74) is 1.61. The number of unbranched alkanes of at least 4 members (excludes halogenated alkanes) is 1. The second-order valence-electron chi connectivity index (χ2n) is 5.75. The Hall–Kier alpha value is -2.70. The molecule has 0 bridgehead atoms. The summed E-state index contributed by atoms with van der Waals surface area (Å²) in [6.07, 6.45) is 3.88. The highest BCUT2D eigenvalue weighted by Gasteiger charge is 2.23. The topological polar surface area (TPSA) is 84.2 Å². The zero-order chi connectivity index (χ0) is 18.4. The van der Waals surface area contributed by atoms with E-state index in [0.717, 1.165) is 6.42 Å². The number of carboxylic acids is 1. The van der Waals surface area contributed by atoms with Crippen LogP contribution in [0.5, 0.6) is 0 Å². The van der Waals surface area contributed by atoms with E-state index in [1.165, 1.54) is 18.3 Å². The maximum atomic E-state index is 13.1. The van der Waals surface area contributed by atoms with Crippen LogP contribution >= 0.6 is 0 Å². The number of aliphatic carboxylic acids is 1. The van der Waals surface area contributed by atoms with Crippen LogP contribution in [0.25, 0.3) is 5.69 Å². The number of carboxylic acid groups (broad SMARTS) is 1. The monoisotopic (exact) mass is 347 g/mol. The standard InChI is InChI=1S/C18H22FN3O3/c1-3-5-6-15(18(24)25)21-17(23)14-11-20-22(16(14)4-2)13-9-7-12(19)8-10-13/h7-11,15H,3-6H2,1-2H3,(H,21,23)(H,24,25). The van der Waals surface area contributed by atoms with Crippen molar-refractivity contribution in [2.24, 2.45) is 0 Å². The summed E-state index contributed by atoms with van der Waals surface area (Å²) in [7, 11) is 0. The van der Waals surface area contributed by atoms with Crippen molar-refractivity contribution in [3.8, 4) is 5.69 Å². The first-order valence-electron chi connectivity index (χ1n) is 8.34. The average molecular weight is 347 g/mol. The molecule has 0 aliphatic carbocycles. The highest BCUT2D eigenvalue weighted by molar-refractivity contribution is 5.97. The molecule has 2 aromatic rings. The first kappa shape index (κ1) is 18.6. The molecule has 0 fully saturated rings. The molecule has 1 aromatic heterocycles. The average Bonchev–Trinajstić information content (AvgIpc) is 3.02. The molecule has 0 saturated carbocycles. The highest BCUT2D eigenvalue weighted by Crippen LogP contribution is 2.17. The third kappa shape index (κ3) is 4.43. The van der Waals surface area contributed by atoms with Gasteiger partial charge >= 0.3 is 5.97 Å². The highest BCUT2D eigenvalue weighted by atomic mass is 19.1. The fourth-order valence-electron chi connectivity index (χ4n) is 2.61. The summed E-state index contributed by atoms with van der Waals surface area (Å²) in [4.78, 5) is 23.8. The molecule has 0 saturated heterocycles. The number of hydrogen-bond donors (Lipinski definition) is 2. The lowest BCUT2D eigenvalue weighted by Crippen LogP contribution is -2.41. The van der Waals surface area contributed by atoms with Crippen LogP contribution in [-0.2, 0) is 11.2 Å². The number of aromatic nitrogens is 2. The second kappa shape index (κ2) is 8.41. The minimum Gasteiger partial charge on any atom is -0.480 e. The maximum absolute atomic E-state index is 13.1. The van der Waals surface area contributed by atoms with Gasteiger partial charge in [0, 0.05) is 0 Å². The Morgan fingerprint density at radius 2 is 1.96 bits per heavy atom. The molecule has 25 heavy (non-hydrogen) atoms. The number of carbonyl (C=O) groups excluding carboxylic acids is 1. The molecule has 134 valence electrons. The third-order valence-electron chi connectivity index (χ3n) is 3.97. The van der Waals surface area contributed by atoms with Crippen molar-refractivity contribution in [3.63, 3.8) is 0 Å². The van der Waals surface area contributed by atoms with Crippen LogP contribution in [-0.4, -0.2) is 32.8 Å². The van der Waals surface area contributed by atoms with E-state index >= 15 is 0 Å². The molecule has 7 heteroatoms. The van der Waals surface area contributed by atoms with Gasteiger partial charge in [-0.3, -0.25) is 4.79 Å². The van der Waals surface area contributed by atoms with Crippen LogP contribution in [0.4, 0.5) is 4.39 Å². The minimum absolute atomic E-state index is 0.328. The Labute approximate surface area is 145 Å². The molecule has 1 atom stereocenters. The van der Waals surface area contributed by atoms with Crippen LogP contribution < -0.4 is 5.32 Å². The summed E-state index contributed by atoms with van der Waals surface area (Å²) < 4.78 is 14.7. The van der Waals surface area contributed by atoms with Crippen LogP contribution in [0.1, 0.15) is 49.2 Å². The second-order valence-corrected chi connectivity index (χ2v) is 5.75. The Morgan fingerprint density at radius 3 is 2.52 bits per heavy atom. The number of halogens is 1. The third-order valence-corrected chi connectivity index (χ3v) is 3.97. The number of rotatable bonds is 8. The fourth-order valence-corrected chi connectivity index (χ4v) is 2.61. The molecule has 0 aliphatic rings. The minimum atomic E-state index is -1.05. The van der Waals surface area contributed by atoms with Crippen molar-refractivity contribution >= 4 is 11.9 Å². The van der Waals surface area contributed by atoms with Crippen LogP contribution in [0.3, 0.4) is 0 Å². The van der Waals surface area contributed by atoms with Crippen molar-refractivity contribution in [1.29, 1.82) is 0 Å². The fraction of sp³-hybridized carbons (Fsp3) is 0.389. The van der Waals surface area contributed by atoms with Gasteiger partial charge in [0.05, 0.1) is 23.1 Å². The van der Waals surface area contributed by atoms with Crippen molar-refractivity contribution < 1.29 is 19.1 Å². The van der Waals surface area contributed by atoms with E-state index in [1.807, 2.05) is 13.8 Å². The smallest absolute Gasteiger partial charge is 0.326 e. The summed E-state index contributed by atoms with van der Waals surface area (Å²) in [6, 6.07) is 4.86. The molecular weight excluding hydrogens is 325 g/mol. The zero-order valence-electron chi connectivity index (χ0n) is 14.3. The quantitative estimate of drug-likeness (QED) is 0.769. The van der Waals surface area contributed by atoms with E-state index in [9.17, 15) is 19.1 Å². The van der Waals surface area contributed by atoms with E-state index < -0.39 is 17.9 Å². The molecule has 1 unspecified atom stereocenters. The number of nitrogens with zero attached hydrogens (tertiary/aromatic N) is 2. The van der Waals surface area contributed by atoms with Gasteiger partial charge in [-0.1, -0.05) is 26.7 Å². The normalized spacial score (nSPS) is 12.0. The Kier molecular flexibility index (Phi) is 6.27. The van der Waals surface area contributed by atoms with E-state index in [2.05, 4.69) is 10.4 Å². The van der Waals surface area contributed by atoms with Gasteiger partial charge in [0.1, 0.15) is 11.9 Å². The van der Waals surface area contributed by atoms with E-state index in [1.54, 1.807) is 16.8 Å². The lowest BCUT2D eigenvalue weighted by atomic mass is 10.1. The van der Waals surface area contributed by atoms with E-state index in [0.29, 0.717) is 36.2 Å². The van der Waals surface area contributed by atoms with Crippen molar-refractivity contribution in [2.45, 2.75) is 45.6 Å². The molecule has 2 N–H and O–H groups in total. The number of amides is 1. The van der Waals surface area contributed by atoms with Gasteiger partial charge in [0.25, 0.3) is 5.91 Å². The molecule has 1 aromatic carbocycles. The summed E-state index contributed by atoms with van der Waals surface area (Å²) >= 11 is 0. The van der Waals surface area contributed by atoms with E-state index in [-0.39, 0.29) is 5.82 Å². The van der Waals surface area contributed by atoms with Crippen molar-refractivity contribution in [1.82, 2.24) is 15.1 Å². The SMILES string of the molecule is CCCCC(NC(=O)c1cnn(-c2ccc(F)cc2)c1CC)C(=O)O. The molecule has 6 nitrogen and oxygen atoms in total.